The number of hydrogen-bond donors (Lipinski definition) is 1. The van der Waals surface area contributed by atoms with Crippen LogP contribution in [0.25, 0.3) is 0 Å². The number of ether oxygens (including phenoxy) is 1. The quantitative estimate of drug-likeness (QED) is 0.327. The van der Waals surface area contributed by atoms with Crippen LogP contribution in [0, 0.1) is 5.92 Å². The molecule has 1 aliphatic carbocycles. The molecule has 37 heavy (non-hydrogen) atoms. The number of rotatable bonds is 7. The third kappa shape index (κ3) is 6.61. The second-order valence-corrected chi connectivity index (χ2v) is 9.51. The van der Waals surface area contributed by atoms with Crippen LogP contribution in [0.5, 0.6) is 0 Å². The van der Waals surface area contributed by atoms with E-state index in [9.17, 15) is 18.0 Å². The van der Waals surface area contributed by atoms with Crippen LogP contribution in [0.15, 0.2) is 48.9 Å². The van der Waals surface area contributed by atoms with E-state index < -0.39 is 11.7 Å². The van der Waals surface area contributed by atoms with Gasteiger partial charge in [0.2, 0.25) is 5.95 Å². The zero-order valence-electron chi connectivity index (χ0n) is 19.8. The molecule has 1 saturated carbocycles. The number of alkyl halides is 3. The molecule has 196 valence electrons. The van der Waals surface area contributed by atoms with Gasteiger partial charge in [-0.25, -0.2) is 4.98 Å². The Balaban J connectivity index is 1.72. The van der Waals surface area contributed by atoms with Gasteiger partial charge in [0.25, 0.3) is 0 Å². The molecule has 4 rings (SSSR count). The molecule has 0 radical (unpaired) electrons. The Hall–Kier alpha value is -3.11. The number of hydrogen-bond acceptors (Lipinski definition) is 7. The molecular formula is C25H24Cl2F3N5O2. The summed E-state index contributed by atoms with van der Waals surface area (Å²) in [6, 6.07) is 7.94. The molecule has 1 N–H and O–H groups in total. The van der Waals surface area contributed by atoms with Crippen molar-refractivity contribution in [1.82, 2.24) is 15.0 Å². The third-order valence-electron chi connectivity index (χ3n) is 6.27. The lowest BCUT2D eigenvalue weighted by molar-refractivity contribution is -0.146. The van der Waals surface area contributed by atoms with Crippen LogP contribution in [0.1, 0.15) is 36.8 Å². The Bertz CT molecular complexity index is 1240. The number of aromatic nitrogens is 3. The van der Waals surface area contributed by atoms with Crippen molar-refractivity contribution < 1.29 is 22.7 Å². The fourth-order valence-corrected chi connectivity index (χ4v) is 4.71. The molecule has 1 fully saturated rings. The van der Waals surface area contributed by atoms with Crippen LogP contribution in [0.4, 0.5) is 30.6 Å². The minimum absolute atomic E-state index is 0.0270. The van der Waals surface area contributed by atoms with Crippen molar-refractivity contribution in [2.75, 3.05) is 17.3 Å². The van der Waals surface area contributed by atoms with Crippen LogP contribution in [-0.4, -0.2) is 34.1 Å². The van der Waals surface area contributed by atoms with Crippen molar-refractivity contribution in [2.24, 2.45) is 5.92 Å². The monoisotopic (exact) mass is 553 g/mol. The Morgan fingerprint density at radius 1 is 1.14 bits per heavy atom. The van der Waals surface area contributed by atoms with E-state index in [2.05, 4.69) is 20.3 Å². The molecular weight excluding hydrogens is 530 g/mol. The fourth-order valence-electron chi connectivity index (χ4n) is 4.41. The van der Waals surface area contributed by atoms with Gasteiger partial charge in [0, 0.05) is 36.9 Å². The van der Waals surface area contributed by atoms with Crippen molar-refractivity contribution in [2.45, 2.75) is 44.4 Å². The molecule has 0 amide bonds. The first-order chi connectivity index (χ1) is 17.7. The second-order valence-electron chi connectivity index (χ2n) is 8.70. The van der Waals surface area contributed by atoms with Crippen molar-refractivity contribution in [3.8, 4) is 0 Å². The maximum absolute atomic E-state index is 14.2. The van der Waals surface area contributed by atoms with E-state index in [0.29, 0.717) is 36.4 Å². The summed E-state index contributed by atoms with van der Waals surface area (Å²) in [6.45, 7) is 0.147. The maximum atomic E-state index is 14.2. The highest BCUT2D eigenvalue weighted by atomic mass is 35.5. The molecule has 2 aromatic heterocycles. The summed E-state index contributed by atoms with van der Waals surface area (Å²) in [5.41, 5.74) is 0.243. The van der Waals surface area contributed by atoms with E-state index in [0.717, 1.165) is 11.8 Å². The fraction of sp³-hybridized carbons (Fsp3) is 0.360. The molecule has 0 atom stereocenters. The number of carbonyl (C=O) groups excluding carboxylic acids is 1. The Morgan fingerprint density at radius 2 is 1.89 bits per heavy atom. The molecule has 1 aromatic carbocycles. The number of nitrogens with zero attached hydrogens (tertiary/aromatic N) is 4. The highest BCUT2D eigenvalue weighted by Crippen LogP contribution is 2.40. The van der Waals surface area contributed by atoms with Gasteiger partial charge in [0.1, 0.15) is 11.4 Å². The predicted octanol–water partition coefficient (Wildman–Crippen LogP) is 6.68. The maximum Gasteiger partial charge on any atom is 0.421 e. The molecule has 0 spiro atoms. The van der Waals surface area contributed by atoms with Gasteiger partial charge in [-0.05, 0) is 55.5 Å². The zero-order chi connectivity index (χ0) is 26.6. The minimum atomic E-state index is -4.69. The molecule has 12 heteroatoms. The summed E-state index contributed by atoms with van der Waals surface area (Å²) in [6.07, 6.45) is 1.29. The lowest BCUT2D eigenvalue weighted by atomic mass is 9.85. The van der Waals surface area contributed by atoms with Gasteiger partial charge in [-0.15, -0.1) is 0 Å². The SMILES string of the molecule is COC(=O)C1CCC(N(Cc2cccnc2)c2nc(Nc3ccc(Cl)c(Cl)c3)ncc2C(F)(F)F)CC1. The largest absolute Gasteiger partial charge is 0.469 e. The Labute approximate surface area is 222 Å². The van der Waals surface area contributed by atoms with Crippen LogP contribution in [0.3, 0.4) is 0 Å². The van der Waals surface area contributed by atoms with Gasteiger partial charge in [-0.3, -0.25) is 9.78 Å². The van der Waals surface area contributed by atoms with Crippen LogP contribution in [-0.2, 0) is 22.3 Å². The summed E-state index contributed by atoms with van der Waals surface area (Å²) in [4.78, 5) is 26.0. The average molecular weight is 554 g/mol. The second kappa shape index (κ2) is 11.5. The normalized spacial score (nSPS) is 17.8. The number of methoxy groups -OCH3 is 1. The molecule has 7 nitrogen and oxygen atoms in total. The highest BCUT2D eigenvalue weighted by Gasteiger charge is 2.39. The summed E-state index contributed by atoms with van der Waals surface area (Å²) in [5.74, 6) is -0.861. The summed E-state index contributed by atoms with van der Waals surface area (Å²) >= 11 is 12.0. The first kappa shape index (κ1) is 26.9. The van der Waals surface area contributed by atoms with Crippen molar-refractivity contribution >= 4 is 46.6 Å². The van der Waals surface area contributed by atoms with E-state index in [1.54, 1.807) is 41.6 Å². The molecule has 0 aliphatic heterocycles. The highest BCUT2D eigenvalue weighted by molar-refractivity contribution is 6.42. The Morgan fingerprint density at radius 3 is 2.51 bits per heavy atom. The number of halogens is 5. The van der Waals surface area contributed by atoms with Gasteiger partial charge < -0.3 is 15.0 Å². The number of benzene rings is 1. The van der Waals surface area contributed by atoms with E-state index >= 15 is 0 Å². The van der Waals surface area contributed by atoms with Crippen LogP contribution < -0.4 is 10.2 Å². The third-order valence-corrected chi connectivity index (χ3v) is 7.01. The molecule has 3 aromatic rings. The topological polar surface area (TPSA) is 80.2 Å². The number of pyridine rings is 1. The lowest BCUT2D eigenvalue weighted by Crippen LogP contribution is -2.40. The minimum Gasteiger partial charge on any atom is -0.469 e. The first-order valence-corrected chi connectivity index (χ1v) is 12.3. The number of anilines is 3. The Kier molecular flexibility index (Phi) is 8.39. The summed E-state index contributed by atoms with van der Waals surface area (Å²) in [5, 5.41) is 3.53. The molecule has 0 unspecified atom stereocenters. The van der Waals surface area contributed by atoms with Crippen LogP contribution >= 0.6 is 23.2 Å². The summed E-state index contributed by atoms with van der Waals surface area (Å²) < 4.78 is 47.3. The number of nitrogens with one attached hydrogen (secondary N) is 1. The first-order valence-electron chi connectivity index (χ1n) is 11.6. The van der Waals surface area contributed by atoms with E-state index in [1.807, 2.05) is 0 Å². The standard InChI is InChI=1S/C25H24Cl2F3N5O2/c1-37-23(36)16-4-7-18(8-5-16)35(14-15-3-2-10-31-12-15)22-19(25(28,29)30)13-32-24(34-22)33-17-6-9-20(26)21(27)11-17/h2-3,6,9-13,16,18H,4-5,7-8,14H2,1H3,(H,32,33,34). The molecule has 1 aliphatic rings. The van der Waals surface area contributed by atoms with Gasteiger partial charge in [0.05, 0.1) is 23.1 Å². The van der Waals surface area contributed by atoms with E-state index in [1.165, 1.54) is 13.2 Å². The van der Waals surface area contributed by atoms with Crippen molar-refractivity contribution in [3.05, 3.63) is 70.1 Å². The zero-order valence-corrected chi connectivity index (χ0v) is 21.3. The van der Waals surface area contributed by atoms with E-state index in [4.69, 9.17) is 27.9 Å². The van der Waals surface area contributed by atoms with Crippen molar-refractivity contribution in [1.29, 1.82) is 0 Å². The van der Waals surface area contributed by atoms with Gasteiger partial charge in [-0.2, -0.15) is 18.2 Å². The average Bonchev–Trinajstić information content (AvgIpc) is 2.89. The van der Waals surface area contributed by atoms with E-state index in [-0.39, 0.29) is 41.3 Å². The van der Waals surface area contributed by atoms with Gasteiger partial charge >= 0.3 is 12.1 Å². The number of esters is 1. The predicted molar refractivity (Wildman–Crippen MR) is 135 cm³/mol. The van der Waals surface area contributed by atoms with Crippen molar-refractivity contribution in [3.63, 3.8) is 0 Å². The number of carbonyl (C=O) groups is 1. The lowest BCUT2D eigenvalue weighted by Gasteiger charge is -2.38. The van der Waals surface area contributed by atoms with Gasteiger partial charge in [0.15, 0.2) is 0 Å². The molecule has 2 heterocycles. The summed E-state index contributed by atoms with van der Waals surface area (Å²) in [7, 11) is 1.34. The van der Waals surface area contributed by atoms with Crippen LogP contribution in [0.2, 0.25) is 10.0 Å². The molecule has 0 bridgehead atoms. The van der Waals surface area contributed by atoms with Gasteiger partial charge in [-0.1, -0.05) is 29.3 Å². The smallest absolute Gasteiger partial charge is 0.421 e. The molecule has 0 saturated heterocycles.